The van der Waals surface area contributed by atoms with Gasteiger partial charge in [-0.05, 0) is 0 Å². The summed E-state index contributed by atoms with van der Waals surface area (Å²) in [6, 6.07) is 6.89. The second-order valence-electron chi connectivity index (χ2n) is 10.0. The molecule has 0 amide bonds. The summed E-state index contributed by atoms with van der Waals surface area (Å²) in [5.74, 6) is 0. The van der Waals surface area contributed by atoms with Crippen molar-refractivity contribution in [2.75, 3.05) is 0 Å². The van der Waals surface area contributed by atoms with E-state index in [0.717, 1.165) is 17.0 Å². The Bertz CT molecular complexity index is 553. The molecule has 3 fully saturated rings. The SMILES string of the molecule is [CH3][Ir]([CH3])([n+]1ccccc1)[PH](C1CCCCC1)(C1CCCCC1)C1CCCCC1. The van der Waals surface area contributed by atoms with Crippen molar-refractivity contribution < 1.29 is 18.3 Å². The van der Waals surface area contributed by atoms with Gasteiger partial charge >= 0.3 is 179 Å². The first kappa shape index (κ1) is 21.5. The van der Waals surface area contributed by atoms with E-state index < -0.39 is 20.5 Å². The second-order valence-corrected chi connectivity index (χ2v) is 35.7. The fraction of sp³-hybridized carbons (Fsp3) is 0.800. The Balaban J connectivity index is 1.85. The van der Waals surface area contributed by atoms with Gasteiger partial charge < -0.3 is 0 Å². The van der Waals surface area contributed by atoms with Gasteiger partial charge in [-0.2, -0.15) is 0 Å². The van der Waals surface area contributed by atoms with Crippen molar-refractivity contribution in [3.63, 3.8) is 0 Å². The maximum absolute atomic E-state index is 2.88. The Hall–Kier alpha value is 0.229. The van der Waals surface area contributed by atoms with Crippen LogP contribution in [0.2, 0.25) is 10.9 Å². The predicted octanol–water partition coefficient (Wildman–Crippen LogP) is 7.65. The molecule has 0 unspecified atom stereocenters. The van der Waals surface area contributed by atoms with Crippen molar-refractivity contribution in [3.8, 4) is 0 Å². The van der Waals surface area contributed by atoms with E-state index in [1.165, 1.54) is 57.8 Å². The molecule has 3 aliphatic carbocycles. The first-order valence-corrected chi connectivity index (χ1v) is 23.7. The minimum absolute atomic E-state index is 1.15. The normalized spacial score (nSPS) is 25.5. The molecule has 0 aromatic carbocycles. The van der Waals surface area contributed by atoms with Gasteiger partial charge in [-0.1, -0.05) is 0 Å². The Kier molecular flexibility index (Phi) is 7.34. The van der Waals surface area contributed by atoms with Crippen LogP contribution in [0.4, 0.5) is 0 Å². The summed E-state index contributed by atoms with van der Waals surface area (Å²) >= 11 is -2.23. The van der Waals surface area contributed by atoms with Crippen LogP contribution in [0.5, 0.6) is 0 Å². The summed E-state index contributed by atoms with van der Waals surface area (Å²) < 4.78 is 2.88. The third kappa shape index (κ3) is 3.92. The Morgan fingerprint density at radius 2 is 0.929 bits per heavy atom. The van der Waals surface area contributed by atoms with Gasteiger partial charge in [-0.3, -0.25) is 0 Å². The van der Waals surface area contributed by atoms with E-state index in [1.54, 1.807) is 38.5 Å². The molecule has 0 atom stereocenters. The first-order chi connectivity index (χ1) is 13.7. The molecule has 1 nitrogen and oxygen atoms in total. The molecular weight excluding hydrogens is 537 g/mol. The molecule has 0 saturated heterocycles. The molecule has 1 aromatic heterocycles. The second kappa shape index (κ2) is 9.58. The van der Waals surface area contributed by atoms with Crippen LogP contribution in [-0.4, -0.2) is 17.0 Å². The number of hydrogen-bond donors (Lipinski definition) is 0. The van der Waals surface area contributed by atoms with Crippen LogP contribution >= 0.6 is 5.50 Å². The van der Waals surface area contributed by atoms with Gasteiger partial charge in [0, 0.05) is 0 Å². The summed E-state index contributed by atoms with van der Waals surface area (Å²) in [4.78, 5) is 0. The zero-order chi connectivity index (χ0) is 19.5. The standard InChI is InChI=1S/C18H33P.C5H5N.2CH3.Ir/c1-4-10-16(11-5-1)19(17-12-6-2-7-13-17)18-14-8-3-9-15-18;1-2-4-6-5-3-1;;;/h16-18H,1-15H2;1-5H;2*1H3;/p+1. The number of aromatic nitrogens is 1. The van der Waals surface area contributed by atoms with Gasteiger partial charge in [0.25, 0.3) is 0 Å². The van der Waals surface area contributed by atoms with Crippen LogP contribution in [0, 0.1) is 0 Å². The third-order valence-corrected chi connectivity index (χ3v) is 44.5. The molecule has 1 aromatic rings. The molecule has 0 bridgehead atoms. The first-order valence-electron chi connectivity index (χ1n) is 12.1. The topological polar surface area (TPSA) is 3.88 Å². The quantitative estimate of drug-likeness (QED) is 0.314. The van der Waals surface area contributed by atoms with E-state index >= 15 is 0 Å². The zero-order valence-electron chi connectivity index (χ0n) is 18.5. The van der Waals surface area contributed by atoms with E-state index in [-0.39, 0.29) is 0 Å². The van der Waals surface area contributed by atoms with Crippen LogP contribution < -0.4 is 3.24 Å². The van der Waals surface area contributed by atoms with Crippen LogP contribution in [0.15, 0.2) is 30.6 Å². The summed E-state index contributed by atoms with van der Waals surface area (Å²) in [5, 5.41) is 0. The van der Waals surface area contributed by atoms with Gasteiger partial charge in [0.2, 0.25) is 0 Å². The number of pyridine rings is 1. The predicted molar refractivity (Wildman–Crippen MR) is 123 cm³/mol. The zero-order valence-corrected chi connectivity index (χ0v) is 21.9. The maximum atomic E-state index is 2.88. The number of hydrogen-bond acceptors (Lipinski definition) is 0. The molecule has 3 heteroatoms. The van der Waals surface area contributed by atoms with Gasteiger partial charge in [-0.25, -0.2) is 0 Å². The molecular formula is C25H45IrNP+. The molecule has 28 heavy (non-hydrogen) atoms. The molecule has 4 rings (SSSR count). The van der Waals surface area contributed by atoms with Crippen molar-refractivity contribution in [3.05, 3.63) is 30.6 Å². The van der Waals surface area contributed by atoms with Gasteiger partial charge in [-0.15, -0.1) is 0 Å². The van der Waals surface area contributed by atoms with Gasteiger partial charge in [0.1, 0.15) is 0 Å². The van der Waals surface area contributed by atoms with E-state index in [4.69, 9.17) is 0 Å². The van der Waals surface area contributed by atoms with Crippen molar-refractivity contribution in [2.24, 2.45) is 0 Å². The van der Waals surface area contributed by atoms with Crippen LogP contribution in [0.25, 0.3) is 0 Å². The summed E-state index contributed by atoms with van der Waals surface area (Å²) in [6.07, 6.45) is 28.4. The van der Waals surface area contributed by atoms with Crippen LogP contribution in [0.3, 0.4) is 0 Å². The molecule has 3 aliphatic rings. The molecule has 0 spiro atoms. The Morgan fingerprint density at radius 1 is 0.571 bits per heavy atom. The third-order valence-electron chi connectivity index (χ3n) is 8.44. The average molecular weight is 583 g/mol. The van der Waals surface area contributed by atoms with E-state index in [1.807, 2.05) is 0 Å². The fourth-order valence-corrected chi connectivity index (χ4v) is 49.4. The monoisotopic (exact) mass is 583 g/mol. The van der Waals surface area contributed by atoms with E-state index in [0.29, 0.717) is 0 Å². The van der Waals surface area contributed by atoms with Crippen molar-refractivity contribution in [2.45, 2.75) is 124 Å². The van der Waals surface area contributed by atoms with E-state index in [2.05, 4.69) is 44.7 Å². The van der Waals surface area contributed by atoms with Crippen LogP contribution in [0.1, 0.15) is 96.3 Å². The molecule has 1 heterocycles. The molecule has 163 valence electrons. The fourth-order valence-electron chi connectivity index (χ4n) is 7.36. The van der Waals surface area contributed by atoms with Crippen molar-refractivity contribution >= 4 is 5.50 Å². The Morgan fingerprint density at radius 3 is 1.29 bits per heavy atom. The minimum atomic E-state index is -2.23. The summed E-state index contributed by atoms with van der Waals surface area (Å²) in [7, 11) is 0. The molecule has 0 radical (unpaired) electrons. The van der Waals surface area contributed by atoms with Gasteiger partial charge in [0.15, 0.2) is 0 Å². The molecule has 0 N–H and O–H groups in total. The number of nitrogens with zero attached hydrogens (tertiary/aromatic N) is 1. The van der Waals surface area contributed by atoms with Crippen LogP contribution in [-0.2, 0) is 15.0 Å². The summed E-state index contributed by atoms with van der Waals surface area (Å²) in [6.45, 7) is 0. The van der Waals surface area contributed by atoms with Crippen molar-refractivity contribution in [1.29, 1.82) is 0 Å². The van der Waals surface area contributed by atoms with Gasteiger partial charge in [0.05, 0.1) is 0 Å². The van der Waals surface area contributed by atoms with Crippen molar-refractivity contribution in [1.82, 2.24) is 0 Å². The average Bonchev–Trinajstić information content (AvgIpc) is 2.77. The number of rotatable bonds is 5. The molecule has 0 aliphatic heterocycles. The molecule has 3 saturated carbocycles. The summed E-state index contributed by atoms with van der Waals surface area (Å²) in [5.41, 5.74) is 7.79. The van der Waals surface area contributed by atoms with E-state index in [9.17, 15) is 0 Å². The Labute approximate surface area is 178 Å².